The molecule has 1 amide bonds. The fourth-order valence-corrected chi connectivity index (χ4v) is 0.949. The first-order chi connectivity index (χ1) is 5.86. The lowest BCUT2D eigenvalue weighted by molar-refractivity contribution is -0.136. The van der Waals surface area contributed by atoms with Crippen LogP contribution in [0.1, 0.15) is 34.1 Å². The summed E-state index contributed by atoms with van der Waals surface area (Å²) in [4.78, 5) is 13.6. The fraction of sp³-hybridized carbons (Fsp3) is 0.900. The molecule has 0 aromatic carbocycles. The zero-order chi connectivity index (χ0) is 10.6. The molecule has 0 aromatic rings. The lowest BCUT2D eigenvalue weighted by atomic mass is 9.99. The van der Waals surface area contributed by atoms with Crippen LogP contribution in [0.4, 0.5) is 0 Å². The van der Waals surface area contributed by atoms with Crippen LogP contribution in [0.15, 0.2) is 0 Å². The summed E-state index contributed by atoms with van der Waals surface area (Å²) in [5.41, 5.74) is -0.0534. The normalized spacial score (nSPS) is 14.0. The van der Waals surface area contributed by atoms with Crippen molar-refractivity contribution in [3.8, 4) is 0 Å². The maximum absolute atomic E-state index is 11.7. The van der Waals surface area contributed by atoms with Gasteiger partial charge in [0.1, 0.15) is 0 Å². The number of amides is 1. The number of likely N-dealkylation sites (N-methyl/N-ethyl adjacent to an activating group) is 2. The van der Waals surface area contributed by atoms with Crippen LogP contribution >= 0.6 is 0 Å². The molecule has 0 aliphatic rings. The highest BCUT2D eigenvalue weighted by molar-refractivity contribution is 5.81. The van der Waals surface area contributed by atoms with Gasteiger partial charge in [-0.05, 0) is 34.2 Å². The van der Waals surface area contributed by atoms with Gasteiger partial charge in [-0.25, -0.2) is 0 Å². The van der Waals surface area contributed by atoms with Crippen LogP contribution in [-0.4, -0.2) is 36.5 Å². The molecule has 3 heteroatoms. The Morgan fingerprint density at radius 1 is 1.54 bits per heavy atom. The van der Waals surface area contributed by atoms with E-state index in [2.05, 4.69) is 26.1 Å². The zero-order valence-corrected chi connectivity index (χ0v) is 9.64. The van der Waals surface area contributed by atoms with Gasteiger partial charge in [0.2, 0.25) is 5.91 Å². The predicted octanol–water partition coefficient (Wildman–Crippen LogP) is 1.24. The average molecular weight is 186 g/mol. The van der Waals surface area contributed by atoms with Crippen LogP contribution in [0.25, 0.3) is 0 Å². The Kier molecular flexibility index (Phi) is 4.40. The third-order valence-electron chi connectivity index (χ3n) is 2.91. The van der Waals surface area contributed by atoms with Gasteiger partial charge in [0.25, 0.3) is 0 Å². The monoisotopic (exact) mass is 186 g/mol. The van der Waals surface area contributed by atoms with E-state index in [4.69, 9.17) is 0 Å². The summed E-state index contributed by atoms with van der Waals surface area (Å²) in [5.74, 6) is 0.148. The third-order valence-corrected chi connectivity index (χ3v) is 2.91. The van der Waals surface area contributed by atoms with Crippen molar-refractivity contribution in [2.24, 2.45) is 0 Å². The van der Waals surface area contributed by atoms with E-state index in [1.54, 1.807) is 7.05 Å². The van der Waals surface area contributed by atoms with Crippen LogP contribution in [0.3, 0.4) is 0 Å². The third kappa shape index (κ3) is 2.99. The molecule has 0 aromatic heterocycles. The molecular weight excluding hydrogens is 164 g/mol. The second kappa shape index (κ2) is 4.61. The minimum atomic E-state index is -0.101. The fourth-order valence-electron chi connectivity index (χ4n) is 0.949. The van der Waals surface area contributed by atoms with Crippen LogP contribution < -0.4 is 5.32 Å². The van der Waals surface area contributed by atoms with E-state index in [1.165, 1.54) is 0 Å². The van der Waals surface area contributed by atoms with Gasteiger partial charge < -0.3 is 10.2 Å². The first-order valence-electron chi connectivity index (χ1n) is 4.81. The average Bonchev–Trinajstić information content (AvgIpc) is 2.14. The van der Waals surface area contributed by atoms with Crippen molar-refractivity contribution in [2.45, 2.75) is 45.7 Å². The molecule has 1 atom stereocenters. The topological polar surface area (TPSA) is 32.3 Å². The van der Waals surface area contributed by atoms with Gasteiger partial charge in [-0.2, -0.15) is 0 Å². The molecule has 78 valence electrons. The Balaban J connectivity index is 4.42. The zero-order valence-electron chi connectivity index (χ0n) is 9.64. The van der Waals surface area contributed by atoms with E-state index in [1.807, 2.05) is 18.9 Å². The SMILES string of the molecule is CCC(C)(C)N(C)C(=O)C(C)NC. The summed E-state index contributed by atoms with van der Waals surface area (Å²) in [7, 11) is 3.66. The van der Waals surface area contributed by atoms with Crippen LogP contribution in [0.2, 0.25) is 0 Å². The molecule has 3 nitrogen and oxygen atoms in total. The summed E-state index contributed by atoms with van der Waals surface area (Å²) >= 11 is 0. The van der Waals surface area contributed by atoms with Gasteiger partial charge in [-0.15, -0.1) is 0 Å². The number of rotatable bonds is 4. The molecule has 0 saturated heterocycles. The molecule has 1 N–H and O–H groups in total. The Morgan fingerprint density at radius 3 is 2.31 bits per heavy atom. The predicted molar refractivity (Wildman–Crippen MR) is 55.7 cm³/mol. The lowest BCUT2D eigenvalue weighted by Gasteiger charge is -2.36. The van der Waals surface area contributed by atoms with Crippen molar-refractivity contribution in [1.29, 1.82) is 0 Å². The Morgan fingerprint density at radius 2 is 2.00 bits per heavy atom. The Labute approximate surface area is 81.5 Å². The lowest BCUT2D eigenvalue weighted by Crippen LogP contribution is -2.51. The molecule has 0 bridgehead atoms. The molecule has 13 heavy (non-hydrogen) atoms. The highest BCUT2D eigenvalue weighted by Crippen LogP contribution is 2.16. The second-order valence-corrected chi connectivity index (χ2v) is 4.07. The van der Waals surface area contributed by atoms with E-state index >= 15 is 0 Å². The molecule has 0 aliphatic carbocycles. The number of nitrogens with one attached hydrogen (secondary N) is 1. The van der Waals surface area contributed by atoms with Crippen molar-refractivity contribution in [1.82, 2.24) is 10.2 Å². The minimum absolute atomic E-state index is 0.0534. The highest BCUT2D eigenvalue weighted by atomic mass is 16.2. The van der Waals surface area contributed by atoms with Crippen molar-refractivity contribution in [2.75, 3.05) is 14.1 Å². The number of carbonyl (C=O) groups is 1. The van der Waals surface area contributed by atoms with E-state index in [-0.39, 0.29) is 17.5 Å². The maximum Gasteiger partial charge on any atom is 0.239 e. The summed E-state index contributed by atoms with van der Waals surface area (Å²) in [6, 6.07) is -0.101. The van der Waals surface area contributed by atoms with Crippen LogP contribution in [-0.2, 0) is 4.79 Å². The molecule has 0 heterocycles. The highest BCUT2D eigenvalue weighted by Gasteiger charge is 2.27. The number of hydrogen-bond acceptors (Lipinski definition) is 2. The van der Waals surface area contributed by atoms with Crippen LogP contribution in [0.5, 0.6) is 0 Å². The summed E-state index contributed by atoms with van der Waals surface area (Å²) in [6.07, 6.45) is 0.964. The van der Waals surface area contributed by atoms with Gasteiger partial charge in [-0.3, -0.25) is 4.79 Å². The van der Waals surface area contributed by atoms with Gasteiger partial charge in [0.05, 0.1) is 6.04 Å². The molecule has 0 fully saturated rings. The van der Waals surface area contributed by atoms with Crippen molar-refractivity contribution < 1.29 is 4.79 Å². The Hall–Kier alpha value is -0.570. The largest absolute Gasteiger partial charge is 0.339 e. The Bertz CT molecular complexity index is 178. The number of carbonyl (C=O) groups excluding carboxylic acids is 1. The van der Waals surface area contributed by atoms with E-state index < -0.39 is 0 Å². The maximum atomic E-state index is 11.7. The summed E-state index contributed by atoms with van der Waals surface area (Å²) in [6.45, 7) is 8.12. The quantitative estimate of drug-likeness (QED) is 0.716. The molecule has 0 radical (unpaired) electrons. The number of hydrogen-bond donors (Lipinski definition) is 1. The summed E-state index contributed by atoms with van der Waals surface area (Å²) in [5, 5.41) is 2.95. The van der Waals surface area contributed by atoms with Gasteiger partial charge in [0.15, 0.2) is 0 Å². The van der Waals surface area contributed by atoms with E-state index in [0.29, 0.717) is 0 Å². The van der Waals surface area contributed by atoms with Crippen molar-refractivity contribution >= 4 is 5.91 Å². The van der Waals surface area contributed by atoms with Gasteiger partial charge in [-0.1, -0.05) is 6.92 Å². The molecule has 0 rings (SSSR count). The molecule has 0 aliphatic heterocycles. The first kappa shape index (κ1) is 12.4. The van der Waals surface area contributed by atoms with Crippen molar-refractivity contribution in [3.63, 3.8) is 0 Å². The van der Waals surface area contributed by atoms with E-state index in [0.717, 1.165) is 6.42 Å². The van der Waals surface area contributed by atoms with Gasteiger partial charge in [0, 0.05) is 12.6 Å². The molecule has 0 saturated carbocycles. The van der Waals surface area contributed by atoms with E-state index in [9.17, 15) is 4.79 Å². The number of nitrogens with zero attached hydrogens (tertiary/aromatic N) is 1. The first-order valence-corrected chi connectivity index (χ1v) is 4.81. The molecule has 1 unspecified atom stereocenters. The minimum Gasteiger partial charge on any atom is -0.339 e. The van der Waals surface area contributed by atoms with Crippen molar-refractivity contribution in [3.05, 3.63) is 0 Å². The second-order valence-electron chi connectivity index (χ2n) is 4.07. The smallest absolute Gasteiger partial charge is 0.239 e. The van der Waals surface area contributed by atoms with Gasteiger partial charge >= 0.3 is 0 Å². The standard InChI is InChI=1S/C10H22N2O/c1-7-10(3,4)12(6)9(13)8(2)11-5/h8,11H,7H2,1-6H3. The molecule has 0 spiro atoms. The summed E-state index contributed by atoms with van der Waals surface area (Å²) < 4.78 is 0. The van der Waals surface area contributed by atoms with Crippen LogP contribution in [0, 0.1) is 0 Å². The molecular formula is C10H22N2O.